The number of rotatable bonds is 7. The Hall–Kier alpha value is -3.41. The second kappa shape index (κ2) is 8.08. The van der Waals surface area contributed by atoms with Crippen molar-refractivity contribution < 1.29 is 23.7 Å². The number of ether oxygens (including phenoxy) is 4. The summed E-state index contributed by atoms with van der Waals surface area (Å²) in [5.74, 6) is 1.86. The van der Waals surface area contributed by atoms with Gasteiger partial charge in [0.2, 0.25) is 0 Å². The number of methoxy groups -OCH3 is 4. The van der Waals surface area contributed by atoms with E-state index in [9.17, 15) is 4.79 Å². The van der Waals surface area contributed by atoms with Crippen molar-refractivity contribution in [2.45, 2.75) is 6.92 Å². The fourth-order valence-electron chi connectivity index (χ4n) is 3.16. The normalized spacial score (nSPS) is 11.0. The van der Waals surface area contributed by atoms with E-state index in [4.69, 9.17) is 18.9 Å². The summed E-state index contributed by atoms with van der Waals surface area (Å²) in [7, 11) is 6.18. The minimum atomic E-state index is -0.229. The summed E-state index contributed by atoms with van der Waals surface area (Å²) < 4.78 is 21.3. The van der Waals surface area contributed by atoms with Gasteiger partial charge in [0, 0.05) is 34.3 Å². The molecule has 0 fully saturated rings. The van der Waals surface area contributed by atoms with Crippen LogP contribution in [0.5, 0.6) is 23.0 Å². The van der Waals surface area contributed by atoms with Crippen LogP contribution in [0.15, 0.2) is 36.4 Å². The number of aryl methyl sites for hydroxylation is 1. The van der Waals surface area contributed by atoms with Gasteiger partial charge in [-0.05, 0) is 37.3 Å². The maximum atomic E-state index is 12.9. The van der Waals surface area contributed by atoms with Crippen molar-refractivity contribution in [3.63, 3.8) is 0 Å². The maximum absolute atomic E-state index is 12.9. The molecule has 6 heteroatoms. The summed E-state index contributed by atoms with van der Waals surface area (Å²) in [4.78, 5) is 16.3. The van der Waals surface area contributed by atoms with Crippen LogP contribution in [0, 0.1) is 6.92 Å². The summed E-state index contributed by atoms with van der Waals surface area (Å²) in [5.41, 5.74) is 3.21. The lowest BCUT2D eigenvalue weighted by Gasteiger charge is -2.13. The zero-order valence-corrected chi connectivity index (χ0v) is 16.6. The monoisotopic (exact) mass is 381 g/mol. The molecule has 1 aromatic heterocycles. The summed E-state index contributed by atoms with van der Waals surface area (Å²) in [6.45, 7) is 1.96. The van der Waals surface area contributed by atoms with Gasteiger partial charge in [0.15, 0.2) is 5.78 Å². The Morgan fingerprint density at radius 3 is 2.11 bits per heavy atom. The molecular formula is C22H23NO5. The summed E-state index contributed by atoms with van der Waals surface area (Å²) in [6.07, 6.45) is 3.31. The zero-order valence-electron chi connectivity index (χ0n) is 16.6. The van der Waals surface area contributed by atoms with E-state index < -0.39 is 0 Å². The Bertz CT molecular complexity index is 1020. The number of aromatic amines is 1. The highest BCUT2D eigenvalue weighted by Gasteiger charge is 2.19. The number of carbonyl (C=O) groups is 1. The summed E-state index contributed by atoms with van der Waals surface area (Å²) in [5, 5.41) is 0.981. The lowest BCUT2D eigenvalue weighted by molar-refractivity contribution is 0.104. The van der Waals surface area contributed by atoms with E-state index in [1.807, 2.05) is 25.1 Å². The zero-order chi connectivity index (χ0) is 20.3. The molecule has 0 spiro atoms. The predicted octanol–water partition coefficient (Wildman–Crippen LogP) is 4.41. The van der Waals surface area contributed by atoms with Gasteiger partial charge in [-0.2, -0.15) is 0 Å². The topological polar surface area (TPSA) is 69.8 Å². The number of hydrogen-bond donors (Lipinski definition) is 1. The Kier molecular flexibility index (Phi) is 5.59. The third kappa shape index (κ3) is 3.53. The molecule has 1 heterocycles. The first-order valence-corrected chi connectivity index (χ1v) is 8.71. The molecule has 3 rings (SSSR count). The molecule has 0 atom stereocenters. The molecule has 0 aliphatic carbocycles. The predicted molar refractivity (Wildman–Crippen MR) is 109 cm³/mol. The number of aromatic nitrogens is 1. The molecule has 0 aliphatic heterocycles. The van der Waals surface area contributed by atoms with Crippen molar-refractivity contribution in [3.8, 4) is 23.0 Å². The van der Waals surface area contributed by atoms with Gasteiger partial charge in [-0.1, -0.05) is 0 Å². The largest absolute Gasteiger partial charge is 0.497 e. The summed E-state index contributed by atoms with van der Waals surface area (Å²) >= 11 is 0. The van der Waals surface area contributed by atoms with Crippen LogP contribution in [-0.2, 0) is 0 Å². The number of H-pyrrole nitrogens is 1. The number of benzene rings is 2. The maximum Gasteiger partial charge on any atom is 0.193 e. The quantitative estimate of drug-likeness (QED) is 0.485. The molecule has 0 aliphatic rings. The number of nitrogens with one attached hydrogen (secondary N) is 1. The van der Waals surface area contributed by atoms with Crippen LogP contribution < -0.4 is 18.9 Å². The van der Waals surface area contributed by atoms with E-state index in [1.54, 1.807) is 32.4 Å². The van der Waals surface area contributed by atoms with Crippen LogP contribution in [-0.4, -0.2) is 39.2 Å². The number of ketones is 1. The van der Waals surface area contributed by atoms with Crippen molar-refractivity contribution in [1.29, 1.82) is 0 Å². The number of fused-ring (bicyclic) bond motifs is 1. The average Bonchev–Trinajstić information content (AvgIpc) is 3.04. The third-order valence-corrected chi connectivity index (χ3v) is 4.61. The van der Waals surface area contributed by atoms with Gasteiger partial charge in [-0.3, -0.25) is 4.79 Å². The number of carbonyl (C=O) groups excluding carboxylic acids is 1. The second-order valence-electron chi connectivity index (χ2n) is 6.18. The van der Waals surface area contributed by atoms with Gasteiger partial charge in [0.25, 0.3) is 0 Å². The van der Waals surface area contributed by atoms with Gasteiger partial charge in [-0.25, -0.2) is 0 Å². The van der Waals surface area contributed by atoms with Gasteiger partial charge in [0.05, 0.1) is 28.4 Å². The molecule has 2 aromatic carbocycles. The first-order chi connectivity index (χ1) is 13.5. The van der Waals surface area contributed by atoms with Crippen molar-refractivity contribution in [2.75, 3.05) is 28.4 Å². The number of hydrogen-bond acceptors (Lipinski definition) is 5. The Morgan fingerprint density at radius 1 is 0.893 bits per heavy atom. The highest BCUT2D eigenvalue weighted by Crippen LogP contribution is 2.35. The molecular weight excluding hydrogens is 358 g/mol. The first kappa shape index (κ1) is 19.4. The lowest BCUT2D eigenvalue weighted by atomic mass is 10.0. The molecule has 28 heavy (non-hydrogen) atoms. The minimum Gasteiger partial charge on any atom is -0.497 e. The fourth-order valence-corrected chi connectivity index (χ4v) is 3.16. The standard InChI is InChI=1S/C22H23NO5/c1-13-16(17-10-14(25-2)6-8-18(17)23-13)7-9-19(24)22-20(27-4)11-15(26-3)12-21(22)28-5/h6-12,23H,1-5H3/b9-7+. The average molecular weight is 381 g/mol. The van der Waals surface area contributed by atoms with E-state index in [1.165, 1.54) is 20.3 Å². The molecule has 0 unspecified atom stereocenters. The molecule has 0 bridgehead atoms. The van der Waals surface area contributed by atoms with E-state index in [0.717, 1.165) is 27.9 Å². The van der Waals surface area contributed by atoms with Crippen LogP contribution in [0.1, 0.15) is 21.6 Å². The van der Waals surface area contributed by atoms with Crippen LogP contribution >= 0.6 is 0 Å². The van der Waals surface area contributed by atoms with Crippen molar-refractivity contribution in [3.05, 3.63) is 53.2 Å². The SMILES string of the molecule is COc1cc(OC)c(C(=O)/C=C/c2c(C)[nH]c3ccc(OC)cc23)c(OC)c1. The molecule has 0 amide bonds. The van der Waals surface area contributed by atoms with Crippen molar-refractivity contribution >= 4 is 22.8 Å². The smallest absolute Gasteiger partial charge is 0.193 e. The van der Waals surface area contributed by atoms with Gasteiger partial charge >= 0.3 is 0 Å². The molecule has 0 saturated heterocycles. The van der Waals surface area contributed by atoms with Crippen LogP contribution in [0.25, 0.3) is 17.0 Å². The summed E-state index contributed by atoms with van der Waals surface area (Å²) in [6, 6.07) is 9.11. The minimum absolute atomic E-state index is 0.229. The lowest BCUT2D eigenvalue weighted by Crippen LogP contribution is -2.03. The highest BCUT2D eigenvalue weighted by atomic mass is 16.5. The van der Waals surface area contributed by atoms with Gasteiger partial charge in [0.1, 0.15) is 28.6 Å². The molecule has 0 radical (unpaired) electrons. The molecule has 146 valence electrons. The van der Waals surface area contributed by atoms with Crippen molar-refractivity contribution in [2.24, 2.45) is 0 Å². The van der Waals surface area contributed by atoms with Crippen LogP contribution in [0.4, 0.5) is 0 Å². The third-order valence-electron chi connectivity index (χ3n) is 4.61. The first-order valence-electron chi connectivity index (χ1n) is 8.71. The Balaban J connectivity index is 2.03. The molecule has 1 N–H and O–H groups in total. The van der Waals surface area contributed by atoms with Crippen LogP contribution in [0.3, 0.4) is 0 Å². The van der Waals surface area contributed by atoms with Crippen LogP contribution in [0.2, 0.25) is 0 Å². The number of allylic oxidation sites excluding steroid dienone is 1. The fraction of sp³-hybridized carbons (Fsp3) is 0.227. The van der Waals surface area contributed by atoms with E-state index in [0.29, 0.717) is 22.8 Å². The Labute approximate surface area is 163 Å². The van der Waals surface area contributed by atoms with E-state index in [2.05, 4.69) is 4.98 Å². The highest BCUT2D eigenvalue weighted by molar-refractivity contribution is 6.11. The van der Waals surface area contributed by atoms with Gasteiger partial charge in [-0.15, -0.1) is 0 Å². The molecule has 0 saturated carbocycles. The molecule has 6 nitrogen and oxygen atoms in total. The van der Waals surface area contributed by atoms with E-state index >= 15 is 0 Å². The van der Waals surface area contributed by atoms with E-state index in [-0.39, 0.29) is 5.78 Å². The van der Waals surface area contributed by atoms with Gasteiger partial charge < -0.3 is 23.9 Å². The van der Waals surface area contributed by atoms with Crippen molar-refractivity contribution in [1.82, 2.24) is 4.98 Å². The molecule has 3 aromatic rings. The Morgan fingerprint density at radius 2 is 1.54 bits per heavy atom. The second-order valence-corrected chi connectivity index (χ2v) is 6.18.